The van der Waals surface area contributed by atoms with Crippen molar-refractivity contribution in [3.05, 3.63) is 54.4 Å². The summed E-state index contributed by atoms with van der Waals surface area (Å²) in [5, 5.41) is 2.67. The van der Waals surface area contributed by atoms with Crippen LogP contribution in [0, 0.1) is 0 Å². The SMILES string of the molecule is CC(C)O[C@@]1(c2ncccc2NC(=O)c2cnc3nccn3c2)C(=O)[C@@H]1F. The summed E-state index contributed by atoms with van der Waals surface area (Å²) in [6, 6.07) is 3.13. The molecule has 1 N–H and O–H groups in total. The first-order valence-electron chi connectivity index (χ1n) is 8.35. The molecular weight excluding hydrogens is 353 g/mol. The number of aromatic nitrogens is 4. The lowest BCUT2D eigenvalue weighted by atomic mass is 10.1. The van der Waals surface area contributed by atoms with E-state index in [-0.39, 0.29) is 16.9 Å². The summed E-state index contributed by atoms with van der Waals surface area (Å²) in [4.78, 5) is 36.9. The van der Waals surface area contributed by atoms with Crippen molar-refractivity contribution in [2.75, 3.05) is 5.32 Å². The molecule has 0 aliphatic heterocycles. The molecule has 1 amide bonds. The van der Waals surface area contributed by atoms with Crippen molar-refractivity contribution in [3.63, 3.8) is 0 Å². The number of halogens is 1. The second kappa shape index (κ2) is 6.20. The molecule has 1 saturated carbocycles. The Bertz CT molecular complexity index is 1050. The quantitative estimate of drug-likeness (QED) is 0.738. The molecule has 3 heterocycles. The van der Waals surface area contributed by atoms with E-state index in [0.717, 1.165) is 0 Å². The highest BCUT2D eigenvalue weighted by Gasteiger charge is 2.71. The van der Waals surface area contributed by atoms with Crippen LogP contribution in [0.15, 0.2) is 43.1 Å². The maximum Gasteiger partial charge on any atom is 0.258 e. The third-order valence-corrected chi connectivity index (χ3v) is 4.21. The Kier molecular flexibility index (Phi) is 3.96. The van der Waals surface area contributed by atoms with Gasteiger partial charge in [0.05, 0.1) is 17.4 Å². The zero-order valence-corrected chi connectivity index (χ0v) is 14.6. The van der Waals surface area contributed by atoms with E-state index in [1.807, 2.05) is 0 Å². The maximum atomic E-state index is 14.2. The van der Waals surface area contributed by atoms with Crippen LogP contribution >= 0.6 is 0 Å². The summed E-state index contributed by atoms with van der Waals surface area (Å²) in [5.74, 6) is -0.718. The van der Waals surface area contributed by atoms with Crippen LogP contribution in [0.2, 0.25) is 0 Å². The van der Waals surface area contributed by atoms with Crippen LogP contribution in [-0.2, 0) is 15.1 Å². The zero-order chi connectivity index (χ0) is 19.2. The Balaban J connectivity index is 1.67. The van der Waals surface area contributed by atoms with E-state index in [0.29, 0.717) is 5.78 Å². The molecule has 1 fully saturated rings. The highest BCUT2D eigenvalue weighted by Crippen LogP contribution is 2.50. The van der Waals surface area contributed by atoms with Crippen molar-refractivity contribution < 1.29 is 18.7 Å². The first kappa shape index (κ1) is 17.2. The number of nitrogens with one attached hydrogen (secondary N) is 1. The number of pyridine rings is 1. The number of hydrogen-bond acceptors (Lipinski definition) is 6. The molecule has 8 nitrogen and oxygen atoms in total. The summed E-state index contributed by atoms with van der Waals surface area (Å²) in [6.45, 7) is 3.40. The average molecular weight is 369 g/mol. The smallest absolute Gasteiger partial charge is 0.258 e. The molecule has 0 saturated heterocycles. The van der Waals surface area contributed by atoms with Crippen LogP contribution in [0.1, 0.15) is 29.9 Å². The van der Waals surface area contributed by atoms with Crippen LogP contribution in [0.4, 0.5) is 10.1 Å². The van der Waals surface area contributed by atoms with Crippen LogP contribution in [-0.4, -0.2) is 43.3 Å². The maximum absolute atomic E-state index is 14.2. The Morgan fingerprint density at radius 3 is 2.81 bits per heavy atom. The Labute approximate surface area is 153 Å². The van der Waals surface area contributed by atoms with Gasteiger partial charge < -0.3 is 10.1 Å². The predicted molar refractivity (Wildman–Crippen MR) is 93.0 cm³/mol. The summed E-state index contributed by atoms with van der Waals surface area (Å²) >= 11 is 0. The van der Waals surface area contributed by atoms with Gasteiger partial charge in [-0.05, 0) is 26.0 Å². The van der Waals surface area contributed by atoms with Gasteiger partial charge in [-0.15, -0.1) is 0 Å². The molecule has 0 bridgehead atoms. The Morgan fingerprint density at radius 2 is 2.11 bits per heavy atom. The fourth-order valence-corrected chi connectivity index (χ4v) is 2.96. The van der Waals surface area contributed by atoms with Crippen molar-refractivity contribution in [3.8, 4) is 0 Å². The van der Waals surface area contributed by atoms with Crippen molar-refractivity contribution in [1.29, 1.82) is 0 Å². The molecule has 4 rings (SSSR count). The number of carbonyl (C=O) groups excluding carboxylic acids is 2. The van der Waals surface area contributed by atoms with Crippen LogP contribution < -0.4 is 5.32 Å². The number of rotatable bonds is 5. The molecule has 1 aliphatic rings. The number of anilines is 1. The van der Waals surface area contributed by atoms with E-state index in [1.165, 1.54) is 12.4 Å². The van der Waals surface area contributed by atoms with Gasteiger partial charge in [-0.2, -0.15) is 0 Å². The van der Waals surface area contributed by atoms with Gasteiger partial charge in [-0.1, -0.05) is 0 Å². The van der Waals surface area contributed by atoms with E-state index in [4.69, 9.17) is 4.74 Å². The molecule has 3 aromatic rings. The van der Waals surface area contributed by atoms with Gasteiger partial charge in [-0.25, -0.2) is 14.4 Å². The fraction of sp³-hybridized carbons (Fsp3) is 0.278. The molecule has 0 aromatic carbocycles. The number of ketones is 1. The molecule has 3 aromatic heterocycles. The number of carbonyl (C=O) groups is 2. The largest absolute Gasteiger partial charge is 0.355 e. The number of hydrogen-bond donors (Lipinski definition) is 1. The molecular formula is C18H16FN5O3. The van der Waals surface area contributed by atoms with Gasteiger partial charge in [-0.3, -0.25) is 19.0 Å². The highest BCUT2D eigenvalue weighted by molar-refractivity contribution is 6.12. The van der Waals surface area contributed by atoms with Crippen molar-refractivity contribution in [2.24, 2.45) is 0 Å². The zero-order valence-electron chi connectivity index (χ0n) is 14.6. The van der Waals surface area contributed by atoms with E-state index < -0.39 is 29.6 Å². The third-order valence-electron chi connectivity index (χ3n) is 4.21. The van der Waals surface area contributed by atoms with Crippen molar-refractivity contribution in [2.45, 2.75) is 31.7 Å². The molecule has 9 heteroatoms. The molecule has 27 heavy (non-hydrogen) atoms. The monoisotopic (exact) mass is 369 g/mol. The molecule has 0 spiro atoms. The van der Waals surface area contributed by atoms with Gasteiger partial charge in [0.15, 0.2) is 0 Å². The van der Waals surface area contributed by atoms with E-state index >= 15 is 0 Å². The lowest BCUT2D eigenvalue weighted by Crippen LogP contribution is -2.26. The lowest BCUT2D eigenvalue weighted by molar-refractivity contribution is -0.121. The second-order valence-electron chi connectivity index (χ2n) is 6.46. The number of ether oxygens (including phenoxy) is 1. The number of Topliss-reactive ketones (excluding diaryl/α,β-unsaturated/α-hetero) is 1. The van der Waals surface area contributed by atoms with E-state index in [2.05, 4.69) is 20.3 Å². The standard InChI is InChI=1S/C18H16FN5O3/c1-10(2)27-18(13(19)15(18)25)14-12(4-3-5-20-14)23-16(26)11-8-22-17-21-6-7-24(17)9-11/h3-10,13H,1-2H3,(H,23,26)/t13-,18-/m0/s1. The minimum Gasteiger partial charge on any atom is -0.355 e. The fourth-order valence-electron chi connectivity index (χ4n) is 2.96. The van der Waals surface area contributed by atoms with Gasteiger partial charge >= 0.3 is 0 Å². The summed E-state index contributed by atoms with van der Waals surface area (Å²) < 4.78 is 21.4. The number of alkyl halides is 1. The lowest BCUT2D eigenvalue weighted by Gasteiger charge is -2.20. The minimum atomic E-state index is -1.81. The minimum absolute atomic E-state index is 0.0567. The van der Waals surface area contributed by atoms with Crippen molar-refractivity contribution in [1.82, 2.24) is 19.4 Å². The Hall–Kier alpha value is -3.20. The third kappa shape index (κ3) is 2.76. The van der Waals surface area contributed by atoms with Gasteiger partial charge in [0.2, 0.25) is 23.3 Å². The molecule has 138 valence electrons. The van der Waals surface area contributed by atoms with Crippen LogP contribution in [0.5, 0.6) is 0 Å². The second-order valence-corrected chi connectivity index (χ2v) is 6.46. The first-order valence-corrected chi connectivity index (χ1v) is 8.35. The summed E-state index contributed by atoms with van der Waals surface area (Å²) in [6.07, 6.45) is 5.40. The van der Waals surface area contributed by atoms with Crippen molar-refractivity contribution >= 4 is 23.2 Å². The summed E-state index contributed by atoms with van der Waals surface area (Å²) in [7, 11) is 0. The molecule has 1 aliphatic carbocycles. The number of nitrogens with zero attached hydrogens (tertiary/aromatic N) is 4. The first-order chi connectivity index (χ1) is 12.9. The molecule has 2 atom stereocenters. The molecule has 0 unspecified atom stereocenters. The van der Waals surface area contributed by atoms with Gasteiger partial charge in [0.1, 0.15) is 5.69 Å². The number of fused-ring (bicyclic) bond motifs is 1. The predicted octanol–water partition coefficient (Wildman–Crippen LogP) is 1.92. The normalized spacial score (nSPS) is 21.6. The van der Waals surface area contributed by atoms with Gasteiger partial charge in [0.25, 0.3) is 5.91 Å². The van der Waals surface area contributed by atoms with Gasteiger partial charge in [0, 0.05) is 31.0 Å². The average Bonchev–Trinajstić information content (AvgIpc) is 3.02. The van der Waals surface area contributed by atoms with Crippen LogP contribution in [0.3, 0.4) is 0 Å². The summed E-state index contributed by atoms with van der Waals surface area (Å²) in [5.41, 5.74) is -1.23. The van der Waals surface area contributed by atoms with Crippen LogP contribution in [0.25, 0.3) is 5.78 Å². The van der Waals surface area contributed by atoms with E-state index in [1.54, 1.807) is 49.0 Å². The Morgan fingerprint density at radius 1 is 1.33 bits per heavy atom. The highest BCUT2D eigenvalue weighted by atomic mass is 19.1. The molecule has 0 radical (unpaired) electrons. The topological polar surface area (TPSA) is 98.5 Å². The number of amides is 1. The van der Waals surface area contributed by atoms with E-state index in [9.17, 15) is 14.0 Å². The number of imidazole rings is 1.